The molecular weight excluding hydrogens is 253 g/mol. The molecule has 5 heteroatoms. The topological polar surface area (TPSA) is 57.9 Å². The summed E-state index contributed by atoms with van der Waals surface area (Å²) in [5.41, 5.74) is 0. The third-order valence-electron chi connectivity index (χ3n) is 3.66. The van der Waals surface area contributed by atoms with Crippen molar-refractivity contribution in [1.82, 2.24) is 0 Å². The molecule has 1 aliphatic carbocycles. The number of hydrogen-bond acceptors (Lipinski definition) is 3. The first-order chi connectivity index (χ1) is 8.47. The van der Waals surface area contributed by atoms with Crippen molar-refractivity contribution in [2.75, 3.05) is 0 Å². The quantitative estimate of drug-likeness (QED) is 0.846. The molecule has 96 valence electrons. The summed E-state index contributed by atoms with van der Waals surface area (Å²) in [6.07, 6.45) is 1.45. The lowest BCUT2D eigenvalue weighted by molar-refractivity contribution is 0.256. The van der Waals surface area contributed by atoms with Gasteiger partial charge in [0.1, 0.15) is 10.7 Å². The van der Waals surface area contributed by atoms with Crippen LogP contribution in [-0.2, 0) is 9.84 Å². The van der Waals surface area contributed by atoms with Crippen molar-refractivity contribution >= 4 is 9.84 Å². The van der Waals surface area contributed by atoms with Crippen LogP contribution in [0, 0.1) is 23.1 Å². The average molecular weight is 267 g/mol. The lowest BCUT2D eigenvalue weighted by Crippen LogP contribution is -2.49. The predicted molar refractivity (Wildman–Crippen MR) is 64.9 cm³/mol. The molecule has 0 saturated heterocycles. The summed E-state index contributed by atoms with van der Waals surface area (Å²) in [5, 5.41) is 9.19. The van der Waals surface area contributed by atoms with Crippen molar-refractivity contribution in [3.8, 4) is 6.07 Å². The average Bonchev–Trinajstić information content (AvgIpc) is 2.28. The monoisotopic (exact) mass is 267 g/mol. The second kappa shape index (κ2) is 4.36. The van der Waals surface area contributed by atoms with E-state index in [-0.39, 0.29) is 10.8 Å². The van der Waals surface area contributed by atoms with Gasteiger partial charge < -0.3 is 0 Å². The lowest BCUT2D eigenvalue weighted by atomic mass is 9.73. The minimum Gasteiger partial charge on any atom is -0.222 e. The fourth-order valence-electron chi connectivity index (χ4n) is 2.41. The molecule has 0 aromatic heterocycles. The molecule has 0 unspecified atom stereocenters. The van der Waals surface area contributed by atoms with Gasteiger partial charge >= 0.3 is 0 Å². The molecule has 2 rings (SSSR count). The highest BCUT2D eigenvalue weighted by Gasteiger charge is 2.55. The van der Waals surface area contributed by atoms with Gasteiger partial charge in [0.25, 0.3) is 0 Å². The van der Waals surface area contributed by atoms with Crippen LogP contribution in [0.25, 0.3) is 0 Å². The van der Waals surface area contributed by atoms with Crippen molar-refractivity contribution in [2.45, 2.75) is 35.8 Å². The Hall–Kier alpha value is -1.41. The van der Waals surface area contributed by atoms with E-state index in [1.54, 1.807) is 0 Å². The minimum atomic E-state index is -3.92. The van der Waals surface area contributed by atoms with Crippen molar-refractivity contribution in [3.63, 3.8) is 0 Å². The van der Waals surface area contributed by atoms with E-state index in [1.807, 2.05) is 13.0 Å². The van der Waals surface area contributed by atoms with Gasteiger partial charge in [-0.05, 0) is 30.9 Å². The fourth-order valence-corrected chi connectivity index (χ4v) is 4.44. The minimum absolute atomic E-state index is 0.242. The molecule has 18 heavy (non-hydrogen) atoms. The van der Waals surface area contributed by atoms with Crippen LogP contribution in [-0.4, -0.2) is 13.2 Å². The van der Waals surface area contributed by atoms with Gasteiger partial charge in [-0.2, -0.15) is 5.26 Å². The van der Waals surface area contributed by atoms with Crippen LogP contribution >= 0.6 is 0 Å². The first kappa shape index (κ1) is 13.0. The van der Waals surface area contributed by atoms with E-state index in [0.717, 1.165) is 12.5 Å². The van der Waals surface area contributed by atoms with Crippen LogP contribution in [0.4, 0.5) is 4.39 Å². The van der Waals surface area contributed by atoms with Crippen LogP contribution in [0.5, 0.6) is 0 Å². The number of nitrogens with zero attached hydrogens (tertiary/aromatic N) is 1. The summed E-state index contributed by atoms with van der Waals surface area (Å²) in [6, 6.07) is 7.12. The molecule has 1 fully saturated rings. The second-order valence-electron chi connectivity index (χ2n) is 4.72. The summed E-state index contributed by atoms with van der Waals surface area (Å²) in [7, 11) is -3.92. The Kier molecular flexibility index (Phi) is 3.16. The summed E-state index contributed by atoms with van der Waals surface area (Å²) >= 11 is 0. The van der Waals surface area contributed by atoms with Gasteiger partial charge in [-0.1, -0.05) is 25.5 Å². The molecule has 0 heterocycles. The van der Waals surface area contributed by atoms with E-state index >= 15 is 0 Å². The highest BCUT2D eigenvalue weighted by Crippen LogP contribution is 2.47. The normalized spacial score (nSPS) is 27.3. The number of rotatable bonds is 3. The molecule has 3 nitrogen and oxygen atoms in total. The summed E-state index contributed by atoms with van der Waals surface area (Å²) < 4.78 is 36.9. The molecule has 0 bridgehead atoms. The molecule has 0 atom stereocenters. The van der Waals surface area contributed by atoms with E-state index in [9.17, 15) is 18.1 Å². The van der Waals surface area contributed by atoms with Crippen LogP contribution in [0.2, 0.25) is 0 Å². The highest BCUT2D eigenvalue weighted by atomic mass is 32.2. The molecule has 0 radical (unpaired) electrons. The van der Waals surface area contributed by atoms with Gasteiger partial charge in [0.15, 0.2) is 14.6 Å². The van der Waals surface area contributed by atoms with Crippen LogP contribution in [0.3, 0.4) is 0 Å². The van der Waals surface area contributed by atoms with Gasteiger partial charge in [-0.25, -0.2) is 12.8 Å². The number of sulfone groups is 1. The third kappa shape index (κ3) is 1.72. The standard InChI is InChI=1S/C13H14FNO2S/c1-2-10-7-13(8-10,9-15)18(16,17)12-6-4-3-5-11(12)14/h3-6,10H,2,7-8H2,1H3. The Bertz CT molecular complexity index is 598. The van der Waals surface area contributed by atoms with Gasteiger partial charge in [0, 0.05) is 0 Å². The van der Waals surface area contributed by atoms with Gasteiger partial charge in [-0.3, -0.25) is 0 Å². The molecule has 0 N–H and O–H groups in total. The maximum Gasteiger partial charge on any atom is 0.200 e. The molecule has 1 aliphatic rings. The third-order valence-corrected chi connectivity index (χ3v) is 6.02. The predicted octanol–water partition coefficient (Wildman–Crippen LogP) is 2.68. The Morgan fingerprint density at radius 1 is 1.44 bits per heavy atom. The van der Waals surface area contributed by atoms with Crippen molar-refractivity contribution in [1.29, 1.82) is 5.26 Å². The SMILES string of the molecule is CCC1CC(C#N)(S(=O)(=O)c2ccccc2F)C1. The van der Waals surface area contributed by atoms with Crippen LogP contribution in [0.1, 0.15) is 26.2 Å². The fraction of sp³-hybridized carbons (Fsp3) is 0.462. The molecule has 1 aromatic carbocycles. The van der Waals surface area contributed by atoms with Gasteiger partial charge in [-0.15, -0.1) is 0 Å². The summed E-state index contributed by atoms with van der Waals surface area (Å²) in [4.78, 5) is -0.360. The van der Waals surface area contributed by atoms with E-state index in [2.05, 4.69) is 0 Å². The molecular formula is C13H14FNO2S. The largest absolute Gasteiger partial charge is 0.222 e. The molecule has 0 spiro atoms. The second-order valence-corrected chi connectivity index (χ2v) is 6.95. The van der Waals surface area contributed by atoms with Crippen molar-refractivity contribution in [3.05, 3.63) is 30.1 Å². The summed E-state index contributed by atoms with van der Waals surface area (Å²) in [6.45, 7) is 1.96. The Morgan fingerprint density at radius 2 is 2.06 bits per heavy atom. The zero-order valence-electron chi connectivity index (χ0n) is 10.1. The van der Waals surface area contributed by atoms with Crippen molar-refractivity contribution in [2.24, 2.45) is 5.92 Å². The van der Waals surface area contributed by atoms with E-state index in [1.165, 1.54) is 18.2 Å². The Morgan fingerprint density at radius 3 is 2.56 bits per heavy atom. The maximum atomic E-state index is 13.6. The molecule has 1 aromatic rings. The number of nitriles is 1. The van der Waals surface area contributed by atoms with E-state index < -0.39 is 20.4 Å². The summed E-state index contributed by atoms with van der Waals surface area (Å²) in [5.74, 6) is -0.543. The van der Waals surface area contributed by atoms with E-state index in [4.69, 9.17) is 0 Å². The first-order valence-electron chi connectivity index (χ1n) is 5.87. The number of hydrogen-bond donors (Lipinski definition) is 0. The molecule has 0 amide bonds. The zero-order chi connectivity index (χ0) is 13.4. The number of benzene rings is 1. The molecule has 0 aliphatic heterocycles. The first-order valence-corrected chi connectivity index (χ1v) is 7.35. The van der Waals surface area contributed by atoms with Crippen LogP contribution in [0.15, 0.2) is 29.2 Å². The van der Waals surface area contributed by atoms with Gasteiger partial charge in [0.05, 0.1) is 6.07 Å². The maximum absolute atomic E-state index is 13.6. The highest BCUT2D eigenvalue weighted by molar-refractivity contribution is 7.93. The van der Waals surface area contributed by atoms with Crippen molar-refractivity contribution < 1.29 is 12.8 Å². The van der Waals surface area contributed by atoms with Gasteiger partial charge in [0.2, 0.25) is 0 Å². The molecule has 1 saturated carbocycles. The zero-order valence-corrected chi connectivity index (χ0v) is 10.9. The van der Waals surface area contributed by atoms with E-state index in [0.29, 0.717) is 12.8 Å². The Balaban J connectivity index is 2.45. The Labute approximate surface area is 106 Å². The smallest absolute Gasteiger partial charge is 0.200 e. The van der Waals surface area contributed by atoms with Crippen LogP contribution < -0.4 is 0 Å². The number of halogens is 1. The lowest BCUT2D eigenvalue weighted by Gasteiger charge is -2.41.